The van der Waals surface area contributed by atoms with E-state index in [-0.39, 0.29) is 36.3 Å². The predicted molar refractivity (Wildman–Crippen MR) is 150 cm³/mol. The van der Waals surface area contributed by atoms with Crippen LogP contribution in [0.5, 0.6) is 5.75 Å². The van der Waals surface area contributed by atoms with Gasteiger partial charge < -0.3 is 30.2 Å². The molecule has 0 unspecified atom stereocenters. The number of piperazine rings is 1. The number of fused-ring (bicyclic) bond motifs is 3. The average molecular weight is 546 g/mol. The normalized spacial score (nSPS) is 19.0. The molecule has 0 radical (unpaired) electrons. The average Bonchev–Trinajstić information content (AvgIpc) is 3.65. The number of ether oxygens (including phenoxy) is 1. The number of aryl methyl sites for hydroxylation is 1. The highest BCUT2D eigenvalue weighted by molar-refractivity contribution is 6.00. The highest BCUT2D eigenvalue weighted by Gasteiger charge is 2.49. The topological polar surface area (TPSA) is 124 Å². The molecule has 3 aromatic rings. The van der Waals surface area contributed by atoms with E-state index >= 15 is 0 Å². The second-order valence-electron chi connectivity index (χ2n) is 11.7. The lowest BCUT2D eigenvalue weighted by Gasteiger charge is -2.39. The molecule has 10 nitrogen and oxygen atoms in total. The zero-order chi connectivity index (χ0) is 28.6. The van der Waals surface area contributed by atoms with Crippen LogP contribution >= 0.6 is 0 Å². The third kappa shape index (κ3) is 5.66. The Kier molecular flexibility index (Phi) is 7.27. The molecule has 3 N–H and O–H groups in total. The Balaban J connectivity index is 1.17. The molecule has 2 saturated heterocycles. The molecule has 2 bridgehead atoms. The maximum atomic E-state index is 13.7. The minimum absolute atomic E-state index is 0.138. The number of nitrogens with zero attached hydrogens (tertiary/aromatic N) is 2. The van der Waals surface area contributed by atoms with Gasteiger partial charge in [0.25, 0.3) is 5.91 Å². The molecule has 5 rings (SSSR count). The third-order valence-corrected chi connectivity index (χ3v) is 7.62. The highest BCUT2D eigenvalue weighted by Crippen LogP contribution is 2.33. The molecule has 2 aromatic carbocycles. The Bertz CT molecular complexity index is 1410. The molecule has 2 aliphatic rings. The Morgan fingerprint density at radius 3 is 2.33 bits per heavy atom. The molecule has 0 aliphatic carbocycles. The zero-order valence-corrected chi connectivity index (χ0v) is 23.2. The summed E-state index contributed by atoms with van der Waals surface area (Å²) in [6, 6.07) is 15.4. The van der Waals surface area contributed by atoms with Gasteiger partial charge in [-0.1, -0.05) is 56.7 Å². The summed E-state index contributed by atoms with van der Waals surface area (Å²) < 4.78 is 5.22. The fourth-order valence-electron chi connectivity index (χ4n) is 5.46. The van der Waals surface area contributed by atoms with Gasteiger partial charge in [-0.3, -0.25) is 14.4 Å². The van der Waals surface area contributed by atoms with Crippen LogP contribution in [0.25, 0.3) is 10.9 Å². The number of amides is 4. The maximum absolute atomic E-state index is 13.7. The number of H-pyrrole nitrogens is 1. The number of benzene rings is 2. The molecule has 0 saturated carbocycles. The van der Waals surface area contributed by atoms with Gasteiger partial charge in [-0.2, -0.15) is 0 Å². The van der Waals surface area contributed by atoms with Crippen molar-refractivity contribution in [3.8, 4) is 5.75 Å². The number of carbonyl (C=O) groups is 4. The van der Waals surface area contributed by atoms with E-state index in [1.807, 2.05) is 64.1 Å². The Hall–Kier alpha value is -4.34. The number of rotatable bonds is 6. The summed E-state index contributed by atoms with van der Waals surface area (Å²) in [7, 11) is 0. The van der Waals surface area contributed by atoms with Crippen molar-refractivity contribution >= 4 is 34.7 Å². The van der Waals surface area contributed by atoms with Crippen molar-refractivity contribution in [3.05, 3.63) is 65.9 Å². The van der Waals surface area contributed by atoms with Gasteiger partial charge in [0.1, 0.15) is 24.0 Å². The first kappa shape index (κ1) is 27.2. The zero-order valence-electron chi connectivity index (χ0n) is 23.2. The highest BCUT2D eigenvalue weighted by atomic mass is 16.6. The molecule has 10 heteroatoms. The molecule has 3 heterocycles. The Morgan fingerprint density at radius 2 is 1.68 bits per heavy atom. The molecule has 0 spiro atoms. The van der Waals surface area contributed by atoms with Crippen LogP contribution in [-0.4, -0.2) is 76.4 Å². The van der Waals surface area contributed by atoms with Crippen LogP contribution < -0.4 is 15.4 Å². The predicted octanol–water partition coefficient (Wildman–Crippen LogP) is 3.22. The first-order valence-electron chi connectivity index (χ1n) is 13.5. The lowest BCUT2D eigenvalue weighted by molar-refractivity contribution is -0.142. The summed E-state index contributed by atoms with van der Waals surface area (Å²) in [5.41, 5.74) is 1.77. The minimum atomic E-state index is -0.742. The van der Waals surface area contributed by atoms with Crippen molar-refractivity contribution < 1.29 is 23.9 Å². The number of likely N-dealkylation sites (tertiary alicyclic amines) is 2. The fraction of sp³-hybridized carbons (Fsp3) is 0.400. The number of hydrogen-bond donors (Lipinski definition) is 3. The van der Waals surface area contributed by atoms with Crippen molar-refractivity contribution in [2.24, 2.45) is 5.41 Å². The number of hydrogen-bond acceptors (Lipinski definition) is 5. The van der Waals surface area contributed by atoms with Crippen molar-refractivity contribution in [1.29, 1.82) is 0 Å². The monoisotopic (exact) mass is 545 g/mol. The number of para-hydroxylation sites is 1. The number of nitrogens with one attached hydrogen (secondary N) is 3. The molecular formula is C30H35N5O5. The minimum Gasteiger partial charge on any atom is -0.410 e. The van der Waals surface area contributed by atoms with Crippen LogP contribution in [0.4, 0.5) is 4.79 Å². The van der Waals surface area contributed by atoms with Gasteiger partial charge in [-0.05, 0) is 43.0 Å². The lowest BCUT2D eigenvalue weighted by atomic mass is 9.85. The van der Waals surface area contributed by atoms with Gasteiger partial charge in [-0.25, -0.2) is 4.79 Å². The van der Waals surface area contributed by atoms with E-state index in [9.17, 15) is 19.2 Å². The number of carbonyl (C=O) groups excluding carboxylic acids is 4. The molecule has 3 atom stereocenters. The Morgan fingerprint density at radius 1 is 1.00 bits per heavy atom. The molecule has 1 aromatic heterocycles. The van der Waals surface area contributed by atoms with E-state index in [2.05, 4.69) is 15.6 Å². The van der Waals surface area contributed by atoms with Gasteiger partial charge in [-0.15, -0.1) is 0 Å². The smallest absolute Gasteiger partial charge is 0.410 e. The molecule has 210 valence electrons. The maximum Gasteiger partial charge on any atom is 0.413 e. The van der Waals surface area contributed by atoms with Crippen LogP contribution in [-0.2, 0) is 9.59 Å². The summed E-state index contributed by atoms with van der Waals surface area (Å²) in [4.78, 5) is 58.5. The SMILES string of the molecule is Cc1ccc(OC(=O)NCC(=O)N2C[C@@H]3C[C@H]2CN3C(=O)[C@@H](NC(=O)c2cc3ccccc3[nH]2)C(C)(C)C)cc1. The van der Waals surface area contributed by atoms with Crippen LogP contribution in [0.1, 0.15) is 43.2 Å². The van der Waals surface area contributed by atoms with E-state index < -0.39 is 17.6 Å². The molecule has 40 heavy (non-hydrogen) atoms. The summed E-state index contributed by atoms with van der Waals surface area (Å²) in [5.74, 6) is -0.319. The van der Waals surface area contributed by atoms with E-state index in [4.69, 9.17) is 4.74 Å². The third-order valence-electron chi connectivity index (χ3n) is 7.62. The standard InChI is InChI=1S/C30H35N5O5/c1-18-9-11-22(12-10-18)40-29(39)31-15-25(36)34-16-21-14-20(34)17-35(21)28(38)26(30(2,3)4)33-27(37)24-13-19-7-5-6-8-23(19)32-24/h5-13,20-21,26,32H,14-17H2,1-4H3,(H,31,39)(H,33,37)/t20-,21-,26+/m0/s1. The van der Waals surface area contributed by atoms with Gasteiger partial charge in [0.2, 0.25) is 11.8 Å². The summed E-state index contributed by atoms with van der Waals surface area (Å²) in [6.45, 7) is 8.29. The van der Waals surface area contributed by atoms with E-state index in [0.717, 1.165) is 16.5 Å². The second-order valence-corrected chi connectivity index (χ2v) is 11.7. The van der Waals surface area contributed by atoms with Gasteiger partial charge in [0, 0.05) is 24.0 Å². The van der Waals surface area contributed by atoms with Crippen molar-refractivity contribution in [1.82, 2.24) is 25.4 Å². The van der Waals surface area contributed by atoms with Crippen LogP contribution in [0.3, 0.4) is 0 Å². The van der Waals surface area contributed by atoms with Gasteiger partial charge in [0.05, 0.1) is 12.1 Å². The van der Waals surface area contributed by atoms with E-state index in [1.165, 1.54) is 0 Å². The lowest BCUT2D eigenvalue weighted by Crippen LogP contribution is -2.59. The second kappa shape index (κ2) is 10.7. The van der Waals surface area contributed by atoms with Crippen molar-refractivity contribution in [2.45, 2.75) is 52.2 Å². The quantitative estimate of drug-likeness (QED) is 0.439. The first-order valence-corrected chi connectivity index (χ1v) is 13.5. The Labute approximate surface area is 233 Å². The molecule has 4 amide bonds. The van der Waals surface area contributed by atoms with Crippen molar-refractivity contribution in [3.63, 3.8) is 0 Å². The van der Waals surface area contributed by atoms with Crippen molar-refractivity contribution in [2.75, 3.05) is 19.6 Å². The van der Waals surface area contributed by atoms with Crippen LogP contribution in [0.2, 0.25) is 0 Å². The van der Waals surface area contributed by atoms with Gasteiger partial charge >= 0.3 is 6.09 Å². The van der Waals surface area contributed by atoms with Crippen LogP contribution in [0.15, 0.2) is 54.6 Å². The summed E-state index contributed by atoms with van der Waals surface area (Å²) >= 11 is 0. The van der Waals surface area contributed by atoms with Crippen LogP contribution in [0, 0.1) is 12.3 Å². The molecule has 2 fully saturated rings. The number of aromatic amines is 1. The summed E-state index contributed by atoms with van der Waals surface area (Å²) in [6.07, 6.45) is -0.0323. The van der Waals surface area contributed by atoms with Gasteiger partial charge in [0.15, 0.2) is 0 Å². The van der Waals surface area contributed by atoms with E-state index in [1.54, 1.807) is 28.0 Å². The summed E-state index contributed by atoms with van der Waals surface area (Å²) in [5, 5.41) is 6.40. The first-order chi connectivity index (χ1) is 19.0. The van der Waals surface area contributed by atoms with E-state index in [0.29, 0.717) is 31.0 Å². The fourth-order valence-corrected chi connectivity index (χ4v) is 5.46. The molecular weight excluding hydrogens is 510 g/mol. The number of aromatic nitrogens is 1. The largest absolute Gasteiger partial charge is 0.413 e. The molecule has 2 aliphatic heterocycles.